The molecule has 0 bridgehead atoms. The highest BCUT2D eigenvalue weighted by molar-refractivity contribution is 5.70. The highest BCUT2D eigenvalue weighted by atomic mass is 16.6. The van der Waals surface area contributed by atoms with Crippen molar-refractivity contribution in [2.24, 2.45) is 0 Å². The fraction of sp³-hybridized carbons (Fsp3) is 0.721. The molecule has 0 aliphatic rings. The number of hydrogen-bond donors (Lipinski definition) is 1. The van der Waals surface area contributed by atoms with Crippen molar-refractivity contribution in [2.45, 2.75) is 187 Å². The average molecular weight is 671 g/mol. The van der Waals surface area contributed by atoms with Crippen LogP contribution in [0.1, 0.15) is 181 Å². The quantitative estimate of drug-likeness (QED) is 0.0413. The lowest BCUT2D eigenvalue weighted by Gasteiger charge is -2.15. The maximum atomic E-state index is 12.2. The highest BCUT2D eigenvalue weighted by Crippen LogP contribution is 2.14. The van der Waals surface area contributed by atoms with Crippen molar-refractivity contribution < 1.29 is 24.2 Å². The molecular weight excluding hydrogens is 596 g/mol. The van der Waals surface area contributed by atoms with Gasteiger partial charge in [-0.2, -0.15) is 0 Å². The minimum absolute atomic E-state index is 0.105. The van der Waals surface area contributed by atoms with Crippen LogP contribution in [0.3, 0.4) is 0 Å². The van der Waals surface area contributed by atoms with E-state index in [4.69, 9.17) is 9.47 Å². The maximum Gasteiger partial charge on any atom is 0.306 e. The Bertz CT molecular complexity index is 853. The van der Waals surface area contributed by atoms with E-state index < -0.39 is 6.10 Å². The van der Waals surface area contributed by atoms with E-state index in [2.05, 4.69) is 62.5 Å². The Morgan fingerprint density at radius 3 is 1.33 bits per heavy atom. The SMILES string of the molecule is CCCCC/C=C\C/C=C\C/C=C\C/C=C\C/C=C\CCC(=O)OC[C@H](CO)OC(=O)CCCCCCCCCCCCCCCCC. The Labute approximate surface area is 296 Å². The van der Waals surface area contributed by atoms with Gasteiger partial charge in [-0.25, -0.2) is 0 Å². The summed E-state index contributed by atoms with van der Waals surface area (Å²) < 4.78 is 10.5. The zero-order chi connectivity index (χ0) is 35.0. The Balaban J connectivity index is 3.69. The molecule has 5 heteroatoms. The molecule has 0 fully saturated rings. The van der Waals surface area contributed by atoms with Crippen molar-refractivity contribution in [1.82, 2.24) is 0 Å². The van der Waals surface area contributed by atoms with Crippen molar-refractivity contribution in [3.63, 3.8) is 0 Å². The molecule has 276 valence electrons. The van der Waals surface area contributed by atoms with Crippen molar-refractivity contribution in [3.05, 3.63) is 60.8 Å². The normalized spacial score (nSPS) is 12.8. The molecule has 0 aromatic heterocycles. The van der Waals surface area contributed by atoms with Crippen molar-refractivity contribution in [3.8, 4) is 0 Å². The zero-order valence-electron chi connectivity index (χ0n) is 31.2. The second-order valence-electron chi connectivity index (χ2n) is 13.0. The molecule has 0 unspecified atom stereocenters. The third-order valence-electron chi connectivity index (χ3n) is 8.33. The fourth-order valence-corrected chi connectivity index (χ4v) is 5.30. The first-order valence-electron chi connectivity index (χ1n) is 19.8. The number of aliphatic hydroxyl groups excluding tert-OH is 1. The highest BCUT2D eigenvalue weighted by Gasteiger charge is 2.15. The molecule has 0 heterocycles. The predicted molar refractivity (Wildman–Crippen MR) is 205 cm³/mol. The number of unbranched alkanes of at least 4 members (excludes halogenated alkanes) is 17. The summed E-state index contributed by atoms with van der Waals surface area (Å²) in [6.07, 6.45) is 50.0. The van der Waals surface area contributed by atoms with E-state index in [-0.39, 0.29) is 31.6 Å². The number of aliphatic hydroxyl groups is 1. The molecule has 0 spiro atoms. The lowest BCUT2D eigenvalue weighted by atomic mass is 10.0. The molecule has 0 rings (SSSR count). The van der Waals surface area contributed by atoms with Crippen LogP contribution in [0.5, 0.6) is 0 Å². The van der Waals surface area contributed by atoms with Crippen molar-refractivity contribution >= 4 is 11.9 Å². The number of ether oxygens (including phenoxy) is 2. The van der Waals surface area contributed by atoms with Gasteiger partial charge in [-0.15, -0.1) is 0 Å². The second-order valence-corrected chi connectivity index (χ2v) is 13.0. The predicted octanol–water partition coefficient (Wildman–Crippen LogP) is 12.4. The topological polar surface area (TPSA) is 72.8 Å². The van der Waals surface area contributed by atoms with Gasteiger partial charge in [0.05, 0.1) is 6.61 Å². The van der Waals surface area contributed by atoms with Crippen molar-refractivity contribution in [1.29, 1.82) is 0 Å². The van der Waals surface area contributed by atoms with E-state index in [0.29, 0.717) is 12.8 Å². The van der Waals surface area contributed by atoms with Gasteiger partial charge in [-0.05, 0) is 51.4 Å². The minimum atomic E-state index is -0.800. The van der Waals surface area contributed by atoms with Crippen LogP contribution in [0, 0.1) is 0 Å². The third-order valence-corrected chi connectivity index (χ3v) is 8.33. The van der Waals surface area contributed by atoms with Gasteiger partial charge in [0.2, 0.25) is 0 Å². The zero-order valence-corrected chi connectivity index (χ0v) is 31.2. The number of carbonyl (C=O) groups excluding carboxylic acids is 2. The van der Waals surface area contributed by atoms with E-state index in [1.807, 2.05) is 12.2 Å². The van der Waals surface area contributed by atoms with E-state index in [9.17, 15) is 14.7 Å². The Kier molecular flexibility index (Phi) is 37.1. The first-order chi connectivity index (χ1) is 23.6. The van der Waals surface area contributed by atoms with Gasteiger partial charge in [-0.3, -0.25) is 9.59 Å². The molecule has 0 aliphatic heterocycles. The van der Waals surface area contributed by atoms with Crippen LogP contribution in [0.4, 0.5) is 0 Å². The summed E-state index contributed by atoms with van der Waals surface area (Å²) in [6, 6.07) is 0. The van der Waals surface area contributed by atoms with E-state index in [1.54, 1.807) is 0 Å². The fourth-order valence-electron chi connectivity index (χ4n) is 5.30. The van der Waals surface area contributed by atoms with Crippen LogP contribution in [0.2, 0.25) is 0 Å². The summed E-state index contributed by atoms with van der Waals surface area (Å²) in [6.45, 7) is 4.04. The van der Waals surface area contributed by atoms with Gasteiger partial charge in [0.1, 0.15) is 6.61 Å². The Morgan fingerprint density at radius 1 is 0.479 bits per heavy atom. The van der Waals surface area contributed by atoms with Gasteiger partial charge in [0, 0.05) is 12.8 Å². The number of allylic oxidation sites excluding steroid dienone is 10. The Hall–Kier alpha value is -2.40. The lowest BCUT2D eigenvalue weighted by molar-refractivity contribution is -0.161. The van der Waals surface area contributed by atoms with Gasteiger partial charge in [0.15, 0.2) is 6.10 Å². The molecule has 1 N–H and O–H groups in total. The van der Waals surface area contributed by atoms with Crippen LogP contribution in [0.15, 0.2) is 60.8 Å². The van der Waals surface area contributed by atoms with Gasteiger partial charge < -0.3 is 14.6 Å². The second kappa shape index (κ2) is 39.0. The first-order valence-corrected chi connectivity index (χ1v) is 19.8. The summed E-state index contributed by atoms with van der Waals surface area (Å²) in [5, 5.41) is 9.54. The van der Waals surface area contributed by atoms with Crippen LogP contribution in [-0.2, 0) is 19.1 Å². The number of rotatable bonds is 35. The molecule has 48 heavy (non-hydrogen) atoms. The van der Waals surface area contributed by atoms with Crippen LogP contribution >= 0.6 is 0 Å². The minimum Gasteiger partial charge on any atom is -0.462 e. The largest absolute Gasteiger partial charge is 0.462 e. The summed E-state index contributed by atoms with van der Waals surface area (Å²) in [4.78, 5) is 24.2. The van der Waals surface area contributed by atoms with Crippen LogP contribution in [0.25, 0.3) is 0 Å². The molecule has 0 amide bonds. The van der Waals surface area contributed by atoms with Gasteiger partial charge in [0.25, 0.3) is 0 Å². The summed E-state index contributed by atoms with van der Waals surface area (Å²) in [5.74, 6) is -0.686. The molecule has 0 aliphatic carbocycles. The molecule has 1 atom stereocenters. The monoisotopic (exact) mass is 671 g/mol. The lowest BCUT2D eigenvalue weighted by Crippen LogP contribution is -2.28. The van der Waals surface area contributed by atoms with E-state index in [0.717, 1.165) is 44.9 Å². The number of hydrogen-bond acceptors (Lipinski definition) is 5. The Morgan fingerprint density at radius 2 is 0.875 bits per heavy atom. The molecule has 0 aromatic carbocycles. The number of carbonyl (C=O) groups is 2. The molecule has 5 nitrogen and oxygen atoms in total. The maximum absolute atomic E-state index is 12.2. The summed E-state index contributed by atoms with van der Waals surface area (Å²) in [7, 11) is 0. The average Bonchev–Trinajstić information content (AvgIpc) is 3.09. The first kappa shape index (κ1) is 45.6. The molecule has 0 radical (unpaired) electrons. The summed E-state index contributed by atoms with van der Waals surface area (Å²) >= 11 is 0. The van der Waals surface area contributed by atoms with Gasteiger partial charge >= 0.3 is 11.9 Å². The molecule has 0 saturated carbocycles. The molecular formula is C43H74O5. The molecule has 0 saturated heterocycles. The smallest absolute Gasteiger partial charge is 0.306 e. The van der Waals surface area contributed by atoms with Crippen molar-refractivity contribution in [2.75, 3.05) is 13.2 Å². The summed E-state index contributed by atoms with van der Waals surface area (Å²) in [5.41, 5.74) is 0. The van der Waals surface area contributed by atoms with E-state index in [1.165, 1.54) is 103 Å². The van der Waals surface area contributed by atoms with Crippen LogP contribution < -0.4 is 0 Å². The van der Waals surface area contributed by atoms with Crippen LogP contribution in [-0.4, -0.2) is 36.4 Å². The molecule has 0 aromatic rings. The third kappa shape index (κ3) is 36.4. The number of esters is 2. The van der Waals surface area contributed by atoms with E-state index >= 15 is 0 Å². The standard InChI is InChI=1S/C43H74O5/c1-3-5-7-9-11-13-15-17-19-20-21-22-24-25-27-29-31-33-35-37-42(45)47-40-41(39-44)48-43(46)38-36-34-32-30-28-26-23-18-16-14-12-10-8-6-4-2/h11,13,17,19,21-22,25,27,31,33,41,44H,3-10,12,14-16,18,20,23-24,26,28-30,32,34-40H2,1-2H3/b13-11-,19-17-,22-21-,27-25-,33-31-/t41-/m0/s1. The van der Waals surface area contributed by atoms with Gasteiger partial charge in [-0.1, -0.05) is 177 Å².